The number of imidazole rings is 1. The van der Waals surface area contributed by atoms with Gasteiger partial charge in [-0.3, -0.25) is 4.79 Å². The molecule has 1 unspecified atom stereocenters. The van der Waals surface area contributed by atoms with Gasteiger partial charge in [0.25, 0.3) is 0 Å². The zero-order valence-electron chi connectivity index (χ0n) is 14.3. The third-order valence-electron chi connectivity index (χ3n) is 4.82. The number of nitrogens with zero attached hydrogens (tertiary/aromatic N) is 4. The number of carbonyl (C=O) groups excluding carboxylic acids is 1. The molecule has 3 heterocycles. The summed E-state index contributed by atoms with van der Waals surface area (Å²) in [5, 5.41) is 3.95. The number of carbonyl (C=O) groups is 1. The zero-order valence-corrected chi connectivity index (χ0v) is 14.3. The topological polar surface area (TPSA) is 64.2 Å². The highest BCUT2D eigenvalue weighted by Gasteiger charge is 2.28. The lowest BCUT2D eigenvalue weighted by atomic mass is 10.1. The van der Waals surface area contributed by atoms with Gasteiger partial charge >= 0.3 is 0 Å². The zero-order chi connectivity index (χ0) is 16.6. The first-order valence-corrected chi connectivity index (χ1v) is 8.17. The van der Waals surface area contributed by atoms with Crippen molar-refractivity contribution >= 4 is 5.91 Å². The number of rotatable bonds is 4. The van der Waals surface area contributed by atoms with Crippen LogP contribution in [0.5, 0.6) is 0 Å². The van der Waals surface area contributed by atoms with Crippen molar-refractivity contribution in [3.05, 3.63) is 34.7 Å². The molecule has 1 saturated heterocycles. The Labute approximate surface area is 136 Å². The van der Waals surface area contributed by atoms with E-state index in [0.717, 1.165) is 48.0 Å². The number of hydrogen-bond donors (Lipinski definition) is 0. The molecule has 6 nitrogen and oxygen atoms in total. The highest BCUT2D eigenvalue weighted by atomic mass is 16.5. The van der Waals surface area contributed by atoms with Crippen LogP contribution < -0.4 is 0 Å². The first kappa shape index (κ1) is 15.8. The Morgan fingerprint density at radius 3 is 2.74 bits per heavy atom. The quantitative estimate of drug-likeness (QED) is 0.869. The third kappa shape index (κ3) is 3.02. The van der Waals surface area contributed by atoms with Gasteiger partial charge in [0.05, 0.1) is 11.7 Å². The second-order valence-electron chi connectivity index (χ2n) is 6.40. The Balaban J connectivity index is 1.60. The highest BCUT2D eigenvalue weighted by molar-refractivity contribution is 5.76. The number of aromatic nitrogens is 3. The van der Waals surface area contributed by atoms with Gasteiger partial charge in [0.15, 0.2) is 0 Å². The predicted molar refractivity (Wildman–Crippen MR) is 86.2 cm³/mol. The lowest BCUT2D eigenvalue weighted by molar-refractivity contribution is -0.130. The fraction of sp³-hybridized carbons (Fsp3) is 0.588. The van der Waals surface area contributed by atoms with E-state index >= 15 is 0 Å². The summed E-state index contributed by atoms with van der Waals surface area (Å²) in [6.07, 6.45) is 4.11. The van der Waals surface area contributed by atoms with Gasteiger partial charge < -0.3 is 14.0 Å². The van der Waals surface area contributed by atoms with E-state index in [-0.39, 0.29) is 5.91 Å². The van der Waals surface area contributed by atoms with Crippen molar-refractivity contribution in [1.29, 1.82) is 0 Å². The molecule has 1 atom stereocenters. The monoisotopic (exact) mass is 316 g/mol. The SMILES string of the molecule is Cc1noc(C)c1CCC(=O)N1CCC(n2c(C)cnc2C)C1. The average molecular weight is 316 g/mol. The lowest BCUT2D eigenvalue weighted by Gasteiger charge is -2.19. The Hall–Kier alpha value is -2.11. The molecule has 0 radical (unpaired) electrons. The van der Waals surface area contributed by atoms with E-state index in [1.165, 1.54) is 0 Å². The maximum absolute atomic E-state index is 12.5. The molecule has 1 aliphatic heterocycles. The number of likely N-dealkylation sites (tertiary alicyclic amines) is 1. The Morgan fingerprint density at radius 2 is 2.13 bits per heavy atom. The van der Waals surface area contributed by atoms with Gasteiger partial charge in [-0.2, -0.15) is 0 Å². The Kier molecular flexibility index (Phi) is 4.24. The standard InChI is InChI=1S/C17H24N4O2/c1-11-9-18-14(4)21(11)15-7-8-20(10-15)17(22)6-5-16-12(2)19-23-13(16)3/h9,15H,5-8,10H2,1-4H3. The normalized spacial score (nSPS) is 17.9. The van der Waals surface area contributed by atoms with Crippen molar-refractivity contribution in [2.24, 2.45) is 0 Å². The van der Waals surface area contributed by atoms with E-state index < -0.39 is 0 Å². The predicted octanol–water partition coefficient (Wildman–Crippen LogP) is 2.51. The molecule has 2 aromatic heterocycles. The van der Waals surface area contributed by atoms with Crippen LogP contribution in [0.25, 0.3) is 0 Å². The molecule has 0 aromatic carbocycles. The van der Waals surface area contributed by atoms with Gasteiger partial charge in [-0.1, -0.05) is 5.16 Å². The largest absolute Gasteiger partial charge is 0.361 e. The molecule has 0 saturated carbocycles. The molecule has 0 N–H and O–H groups in total. The maximum Gasteiger partial charge on any atom is 0.222 e. The van der Waals surface area contributed by atoms with Crippen LogP contribution in [0.1, 0.15) is 47.4 Å². The molecular weight excluding hydrogens is 292 g/mol. The molecule has 1 aliphatic rings. The average Bonchev–Trinajstić information content (AvgIpc) is 3.19. The van der Waals surface area contributed by atoms with Crippen LogP contribution in [0.2, 0.25) is 0 Å². The van der Waals surface area contributed by atoms with Crippen molar-refractivity contribution in [2.75, 3.05) is 13.1 Å². The molecule has 124 valence electrons. The van der Waals surface area contributed by atoms with Gasteiger partial charge in [0.2, 0.25) is 5.91 Å². The smallest absolute Gasteiger partial charge is 0.222 e. The molecular formula is C17H24N4O2. The fourth-order valence-corrected chi connectivity index (χ4v) is 3.55. The number of amides is 1. The van der Waals surface area contributed by atoms with Crippen molar-refractivity contribution in [2.45, 2.75) is 53.0 Å². The van der Waals surface area contributed by atoms with E-state index in [4.69, 9.17) is 4.52 Å². The summed E-state index contributed by atoms with van der Waals surface area (Å²) in [6, 6.07) is 0.348. The van der Waals surface area contributed by atoms with Gasteiger partial charge in [-0.15, -0.1) is 0 Å². The van der Waals surface area contributed by atoms with Crippen LogP contribution in [0.4, 0.5) is 0 Å². The number of aryl methyl sites for hydroxylation is 4. The first-order chi connectivity index (χ1) is 11.0. The molecule has 0 bridgehead atoms. The summed E-state index contributed by atoms with van der Waals surface area (Å²) in [5.74, 6) is 2.06. The van der Waals surface area contributed by atoms with Gasteiger partial charge in [-0.05, 0) is 40.5 Å². The summed E-state index contributed by atoms with van der Waals surface area (Å²) in [7, 11) is 0. The minimum Gasteiger partial charge on any atom is -0.361 e. The summed E-state index contributed by atoms with van der Waals surface area (Å²) < 4.78 is 7.41. The van der Waals surface area contributed by atoms with E-state index in [0.29, 0.717) is 18.9 Å². The van der Waals surface area contributed by atoms with E-state index in [1.807, 2.05) is 31.9 Å². The minimum absolute atomic E-state index is 0.211. The summed E-state index contributed by atoms with van der Waals surface area (Å²) >= 11 is 0. The van der Waals surface area contributed by atoms with E-state index in [9.17, 15) is 4.79 Å². The number of hydrogen-bond acceptors (Lipinski definition) is 4. The molecule has 1 fully saturated rings. The molecule has 2 aromatic rings. The maximum atomic E-state index is 12.5. The van der Waals surface area contributed by atoms with Gasteiger partial charge in [0.1, 0.15) is 11.6 Å². The molecule has 1 amide bonds. The van der Waals surface area contributed by atoms with Crippen LogP contribution in [0, 0.1) is 27.7 Å². The van der Waals surface area contributed by atoms with Crippen LogP contribution in [-0.4, -0.2) is 38.6 Å². The molecule has 3 rings (SSSR count). The van der Waals surface area contributed by atoms with Crippen molar-refractivity contribution in [1.82, 2.24) is 19.6 Å². The van der Waals surface area contributed by atoms with Crippen molar-refractivity contribution in [3.8, 4) is 0 Å². The van der Waals surface area contributed by atoms with Gasteiger partial charge in [0, 0.05) is 37.0 Å². The second kappa shape index (κ2) is 6.18. The van der Waals surface area contributed by atoms with Crippen LogP contribution in [-0.2, 0) is 11.2 Å². The molecule has 23 heavy (non-hydrogen) atoms. The Bertz CT molecular complexity index is 677. The Morgan fingerprint density at radius 1 is 1.35 bits per heavy atom. The second-order valence-corrected chi connectivity index (χ2v) is 6.40. The molecule has 0 aliphatic carbocycles. The highest BCUT2D eigenvalue weighted by Crippen LogP contribution is 2.25. The van der Waals surface area contributed by atoms with E-state index in [2.05, 4.69) is 21.6 Å². The summed E-state index contributed by atoms with van der Waals surface area (Å²) in [4.78, 5) is 18.8. The summed E-state index contributed by atoms with van der Waals surface area (Å²) in [6.45, 7) is 9.51. The van der Waals surface area contributed by atoms with Crippen molar-refractivity contribution < 1.29 is 9.32 Å². The third-order valence-corrected chi connectivity index (χ3v) is 4.82. The minimum atomic E-state index is 0.211. The first-order valence-electron chi connectivity index (χ1n) is 8.17. The molecule has 6 heteroatoms. The fourth-order valence-electron chi connectivity index (χ4n) is 3.55. The molecule has 0 spiro atoms. The lowest BCUT2D eigenvalue weighted by Crippen LogP contribution is -2.29. The van der Waals surface area contributed by atoms with E-state index in [1.54, 1.807) is 0 Å². The van der Waals surface area contributed by atoms with Crippen LogP contribution in [0.3, 0.4) is 0 Å². The van der Waals surface area contributed by atoms with Gasteiger partial charge in [-0.25, -0.2) is 4.98 Å². The van der Waals surface area contributed by atoms with Crippen LogP contribution in [0.15, 0.2) is 10.7 Å². The summed E-state index contributed by atoms with van der Waals surface area (Å²) in [5.41, 5.74) is 3.12. The van der Waals surface area contributed by atoms with Crippen LogP contribution >= 0.6 is 0 Å². The van der Waals surface area contributed by atoms with Crippen molar-refractivity contribution in [3.63, 3.8) is 0 Å².